The van der Waals surface area contributed by atoms with Gasteiger partial charge >= 0.3 is 10.2 Å². The lowest BCUT2D eigenvalue weighted by Gasteiger charge is -2.32. The number of nitrogens with zero attached hydrogens (tertiary/aromatic N) is 2. The Morgan fingerprint density at radius 3 is 2.08 bits per heavy atom. The lowest BCUT2D eigenvalue weighted by molar-refractivity contribution is 0.445. The van der Waals surface area contributed by atoms with Crippen LogP contribution in [0.3, 0.4) is 0 Å². The standard InChI is InChI=1S/C27H29N3O4S2/c1-4-29(5-2)36(33,34)30(23-11-8-9-20(3)19-23)26-18-13-21-10-6-7-12-25(21)27(26)35(31,32)24-16-14-22(28)15-17-24/h6-19H,4-5,28H2,1-3H3. The van der Waals surface area contributed by atoms with Crippen molar-refractivity contribution < 1.29 is 16.8 Å². The molecule has 7 nitrogen and oxygen atoms in total. The highest BCUT2D eigenvalue weighted by molar-refractivity contribution is 7.92. The van der Waals surface area contributed by atoms with Crippen molar-refractivity contribution in [1.29, 1.82) is 0 Å². The topological polar surface area (TPSA) is 101 Å². The minimum Gasteiger partial charge on any atom is -0.399 e. The number of hydrogen-bond acceptors (Lipinski definition) is 5. The molecule has 0 saturated carbocycles. The summed E-state index contributed by atoms with van der Waals surface area (Å²) >= 11 is 0. The largest absolute Gasteiger partial charge is 0.399 e. The number of anilines is 3. The monoisotopic (exact) mass is 523 g/mol. The summed E-state index contributed by atoms with van der Waals surface area (Å²) in [6.45, 7) is 5.82. The predicted octanol–water partition coefficient (Wildman–Crippen LogP) is 5.29. The van der Waals surface area contributed by atoms with E-state index >= 15 is 0 Å². The molecule has 4 aromatic carbocycles. The summed E-state index contributed by atoms with van der Waals surface area (Å²) in [5, 5.41) is 1.11. The van der Waals surface area contributed by atoms with Crippen molar-refractivity contribution in [2.24, 2.45) is 0 Å². The molecule has 0 bridgehead atoms. The molecule has 0 amide bonds. The van der Waals surface area contributed by atoms with E-state index in [-0.39, 0.29) is 28.6 Å². The summed E-state index contributed by atoms with van der Waals surface area (Å²) in [4.78, 5) is -0.0543. The SMILES string of the molecule is CCN(CC)S(=O)(=O)N(c1cccc(C)c1)c1ccc2ccccc2c1S(=O)(=O)c1ccc(N)cc1. The third-order valence-corrected chi connectivity index (χ3v) is 9.93. The van der Waals surface area contributed by atoms with Gasteiger partial charge in [-0.25, -0.2) is 12.7 Å². The molecule has 4 rings (SSSR count). The van der Waals surface area contributed by atoms with Gasteiger partial charge in [0.15, 0.2) is 0 Å². The molecular formula is C27H29N3O4S2. The quantitative estimate of drug-likeness (QED) is 0.316. The van der Waals surface area contributed by atoms with Crippen LogP contribution in [0.2, 0.25) is 0 Å². The first-order chi connectivity index (χ1) is 17.1. The zero-order valence-corrected chi connectivity index (χ0v) is 22.1. The van der Waals surface area contributed by atoms with Crippen molar-refractivity contribution in [2.45, 2.75) is 30.6 Å². The van der Waals surface area contributed by atoms with Crippen molar-refractivity contribution in [3.63, 3.8) is 0 Å². The first-order valence-electron chi connectivity index (χ1n) is 11.6. The number of benzene rings is 4. The molecule has 4 aromatic rings. The highest BCUT2D eigenvalue weighted by Crippen LogP contribution is 2.41. The van der Waals surface area contributed by atoms with Crippen molar-refractivity contribution in [3.8, 4) is 0 Å². The fourth-order valence-corrected chi connectivity index (χ4v) is 7.62. The predicted molar refractivity (Wildman–Crippen MR) is 145 cm³/mol. The van der Waals surface area contributed by atoms with Gasteiger partial charge in [0.25, 0.3) is 0 Å². The molecule has 0 radical (unpaired) electrons. The van der Waals surface area contributed by atoms with Crippen LogP contribution in [0, 0.1) is 6.92 Å². The third-order valence-electron chi connectivity index (χ3n) is 6.04. The average Bonchev–Trinajstić information content (AvgIpc) is 2.84. The van der Waals surface area contributed by atoms with Gasteiger partial charge in [-0.1, -0.05) is 56.3 Å². The maximum Gasteiger partial charge on any atom is 0.308 e. The number of fused-ring (bicyclic) bond motifs is 1. The number of rotatable bonds is 8. The van der Waals surface area contributed by atoms with Crippen LogP contribution in [0.1, 0.15) is 19.4 Å². The van der Waals surface area contributed by atoms with Crippen LogP contribution in [0.5, 0.6) is 0 Å². The molecule has 9 heteroatoms. The van der Waals surface area contributed by atoms with Crippen LogP contribution < -0.4 is 10.0 Å². The highest BCUT2D eigenvalue weighted by atomic mass is 32.2. The molecule has 0 spiro atoms. The number of hydrogen-bond donors (Lipinski definition) is 1. The first kappa shape index (κ1) is 25.7. The highest BCUT2D eigenvalue weighted by Gasteiger charge is 2.35. The van der Waals surface area contributed by atoms with Gasteiger partial charge < -0.3 is 5.73 Å². The van der Waals surface area contributed by atoms with E-state index in [1.807, 2.05) is 19.1 Å². The molecule has 0 aliphatic carbocycles. The Morgan fingerprint density at radius 2 is 1.44 bits per heavy atom. The van der Waals surface area contributed by atoms with Crippen molar-refractivity contribution in [1.82, 2.24) is 4.31 Å². The molecule has 0 aromatic heterocycles. The Balaban J connectivity index is 2.13. The molecule has 2 N–H and O–H groups in total. The average molecular weight is 524 g/mol. The molecule has 0 aliphatic heterocycles. The maximum atomic E-state index is 14.1. The Bertz CT molecular complexity index is 1610. The van der Waals surface area contributed by atoms with Crippen LogP contribution in [-0.2, 0) is 20.0 Å². The van der Waals surface area contributed by atoms with Crippen LogP contribution >= 0.6 is 0 Å². The van der Waals surface area contributed by atoms with E-state index in [4.69, 9.17) is 5.73 Å². The molecule has 0 unspecified atom stereocenters. The van der Waals surface area contributed by atoms with Crippen LogP contribution in [0.15, 0.2) is 94.7 Å². The summed E-state index contributed by atoms with van der Waals surface area (Å²) in [7, 11) is -8.30. The number of nitrogens with two attached hydrogens (primary N) is 1. The minimum absolute atomic E-state index is 0.0266. The fourth-order valence-electron chi connectivity index (χ4n) is 4.25. The second-order valence-corrected chi connectivity index (χ2v) is 12.1. The smallest absolute Gasteiger partial charge is 0.308 e. The Kier molecular flexibility index (Phi) is 7.08. The second-order valence-electron chi connectivity index (χ2n) is 8.40. The maximum absolute atomic E-state index is 14.1. The summed E-state index contributed by atoms with van der Waals surface area (Å²) < 4.78 is 58.8. The van der Waals surface area contributed by atoms with E-state index in [0.717, 1.165) is 9.87 Å². The number of sulfone groups is 1. The van der Waals surface area contributed by atoms with Gasteiger partial charge in [-0.15, -0.1) is 0 Å². The van der Waals surface area contributed by atoms with Gasteiger partial charge in [0, 0.05) is 24.2 Å². The van der Waals surface area contributed by atoms with Crippen molar-refractivity contribution >= 4 is 47.9 Å². The summed E-state index contributed by atoms with van der Waals surface area (Å²) in [5.74, 6) is 0. The molecular weight excluding hydrogens is 494 g/mol. The molecule has 188 valence electrons. The lowest BCUT2D eigenvalue weighted by Crippen LogP contribution is -2.42. The normalized spacial score (nSPS) is 12.2. The lowest BCUT2D eigenvalue weighted by atomic mass is 10.1. The van der Waals surface area contributed by atoms with E-state index in [1.54, 1.807) is 62.4 Å². The summed E-state index contributed by atoms with van der Waals surface area (Å²) in [6.07, 6.45) is 0. The molecule has 0 heterocycles. The van der Waals surface area contributed by atoms with Crippen LogP contribution in [-0.4, -0.2) is 34.2 Å². The summed E-state index contributed by atoms with van der Waals surface area (Å²) in [6, 6.07) is 23.3. The van der Waals surface area contributed by atoms with Crippen LogP contribution in [0.25, 0.3) is 10.8 Å². The zero-order valence-electron chi connectivity index (χ0n) is 20.4. The Labute approximate surface area is 212 Å². The van der Waals surface area contributed by atoms with Gasteiger partial charge in [-0.2, -0.15) is 12.7 Å². The fraction of sp³-hybridized carbons (Fsp3) is 0.185. The molecule has 0 saturated heterocycles. The zero-order chi connectivity index (χ0) is 26.1. The molecule has 0 atom stereocenters. The Hall–Kier alpha value is -3.40. The van der Waals surface area contributed by atoms with Crippen molar-refractivity contribution in [2.75, 3.05) is 23.1 Å². The number of aryl methyl sites for hydroxylation is 1. The van der Waals surface area contributed by atoms with E-state index < -0.39 is 20.0 Å². The van der Waals surface area contributed by atoms with Crippen LogP contribution in [0.4, 0.5) is 17.1 Å². The molecule has 0 fully saturated rings. The van der Waals surface area contributed by atoms with Gasteiger partial charge in [0.05, 0.1) is 16.3 Å². The van der Waals surface area contributed by atoms with E-state index in [2.05, 4.69) is 0 Å². The van der Waals surface area contributed by atoms with Gasteiger partial charge in [-0.05, 0) is 60.3 Å². The third kappa shape index (κ3) is 4.57. The summed E-state index contributed by atoms with van der Waals surface area (Å²) in [5.41, 5.74) is 7.48. The van der Waals surface area contributed by atoms with Crippen molar-refractivity contribution in [3.05, 3.63) is 90.5 Å². The second kappa shape index (κ2) is 9.93. The molecule has 36 heavy (non-hydrogen) atoms. The van der Waals surface area contributed by atoms with Gasteiger partial charge in [0.1, 0.15) is 4.90 Å². The first-order valence-corrected chi connectivity index (χ1v) is 14.5. The van der Waals surface area contributed by atoms with E-state index in [0.29, 0.717) is 22.1 Å². The Morgan fingerprint density at radius 1 is 0.778 bits per heavy atom. The van der Waals surface area contributed by atoms with E-state index in [9.17, 15) is 16.8 Å². The molecule has 0 aliphatic rings. The minimum atomic E-state index is -4.16. The van der Waals surface area contributed by atoms with Gasteiger partial charge in [-0.3, -0.25) is 0 Å². The number of nitrogen functional groups attached to an aromatic ring is 1. The van der Waals surface area contributed by atoms with Gasteiger partial charge in [0.2, 0.25) is 9.84 Å². The van der Waals surface area contributed by atoms with E-state index in [1.165, 1.54) is 28.6 Å².